The highest BCUT2D eigenvalue weighted by atomic mass is 32.3. The number of aliphatic hydroxyl groups is 3. The summed E-state index contributed by atoms with van der Waals surface area (Å²) in [5, 5.41) is 28.9. The van der Waals surface area contributed by atoms with Crippen molar-refractivity contribution in [2.24, 2.45) is 5.92 Å². The van der Waals surface area contributed by atoms with Gasteiger partial charge in [0, 0.05) is 0 Å². The largest absolute Gasteiger partial charge is 0.397 e. The molecule has 0 aromatic carbocycles. The molecule has 1 heterocycles. The third-order valence-electron chi connectivity index (χ3n) is 2.79. The van der Waals surface area contributed by atoms with E-state index in [1.54, 1.807) is 13.8 Å². The number of rotatable bonds is 4. The van der Waals surface area contributed by atoms with Crippen molar-refractivity contribution in [2.75, 3.05) is 6.61 Å². The normalized spacial score (nSPS) is 38.1. The van der Waals surface area contributed by atoms with Crippen molar-refractivity contribution in [3.63, 3.8) is 0 Å². The van der Waals surface area contributed by atoms with Crippen molar-refractivity contribution < 1.29 is 37.2 Å². The Labute approximate surface area is 105 Å². The lowest BCUT2D eigenvalue weighted by Crippen LogP contribution is -2.60. The summed E-state index contributed by atoms with van der Waals surface area (Å²) >= 11 is 0. The first kappa shape index (κ1) is 15.8. The molecule has 108 valence electrons. The van der Waals surface area contributed by atoms with Crippen molar-refractivity contribution in [1.29, 1.82) is 0 Å². The molecule has 1 fully saturated rings. The lowest BCUT2D eigenvalue weighted by atomic mass is 9.90. The topological polar surface area (TPSA) is 134 Å². The first-order chi connectivity index (χ1) is 8.13. The summed E-state index contributed by atoms with van der Waals surface area (Å²) in [5.41, 5.74) is 0. The molecule has 0 bridgehead atoms. The van der Waals surface area contributed by atoms with Crippen molar-refractivity contribution in [2.45, 2.75) is 44.4 Å². The van der Waals surface area contributed by atoms with Crippen LogP contribution in [0.25, 0.3) is 0 Å². The lowest BCUT2D eigenvalue weighted by molar-refractivity contribution is -0.236. The summed E-state index contributed by atoms with van der Waals surface area (Å²) < 4.78 is 38.7. The van der Waals surface area contributed by atoms with E-state index < -0.39 is 47.5 Å². The van der Waals surface area contributed by atoms with Crippen LogP contribution < -0.4 is 0 Å². The zero-order valence-corrected chi connectivity index (χ0v) is 10.8. The van der Waals surface area contributed by atoms with Crippen LogP contribution in [0.15, 0.2) is 0 Å². The SMILES string of the molecule is CC(C)[C@@H]1OC(COS(=O)(=O)O)[C@@H](O)C(O)C1O. The van der Waals surface area contributed by atoms with Crippen LogP contribution in [0.2, 0.25) is 0 Å². The van der Waals surface area contributed by atoms with E-state index in [9.17, 15) is 23.7 Å². The van der Waals surface area contributed by atoms with Gasteiger partial charge in [0.05, 0.1) is 12.7 Å². The maximum absolute atomic E-state index is 10.4. The van der Waals surface area contributed by atoms with Crippen LogP contribution in [-0.4, -0.2) is 65.4 Å². The molecule has 9 heteroatoms. The van der Waals surface area contributed by atoms with Crippen molar-refractivity contribution in [1.82, 2.24) is 0 Å². The molecule has 8 nitrogen and oxygen atoms in total. The Bertz CT molecular complexity index is 367. The Morgan fingerprint density at radius 1 is 1.17 bits per heavy atom. The molecular weight excluding hydrogens is 268 g/mol. The molecule has 1 aliphatic heterocycles. The van der Waals surface area contributed by atoms with E-state index in [1.807, 2.05) is 0 Å². The fourth-order valence-electron chi connectivity index (χ4n) is 1.82. The van der Waals surface area contributed by atoms with E-state index >= 15 is 0 Å². The van der Waals surface area contributed by atoms with Crippen LogP contribution >= 0.6 is 0 Å². The van der Waals surface area contributed by atoms with Crippen molar-refractivity contribution in [3.05, 3.63) is 0 Å². The summed E-state index contributed by atoms with van der Waals surface area (Å²) in [6, 6.07) is 0. The molecule has 1 saturated heterocycles. The van der Waals surface area contributed by atoms with Gasteiger partial charge in [-0.25, -0.2) is 4.18 Å². The van der Waals surface area contributed by atoms with E-state index in [2.05, 4.69) is 4.18 Å². The summed E-state index contributed by atoms with van der Waals surface area (Å²) in [5.74, 6) is -0.157. The Morgan fingerprint density at radius 3 is 2.17 bits per heavy atom. The van der Waals surface area contributed by atoms with Gasteiger partial charge < -0.3 is 20.1 Å². The number of hydrogen-bond acceptors (Lipinski definition) is 7. The third-order valence-corrected chi connectivity index (χ3v) is 3.22. The van der Waals surface area contributed by atoms with Crippen LogP contribution in [0.5, 0.6) is 0 Å². The van der Waals surface area contributed by atoms with Gasteiger partial charge in [0.15, 0.2) is 0 Å². The lowest BCUT2D eigenvalue weighted by Gasteiger charge is -2.41. The van der Waals surface area contributed by atoms with Gasteiger partial charge in [0.2, 0.25) is 0 Å². The standard InChI is InChI=1S/C9H18O8S/c1-4(2)9-8(12)7(11)6(10)5(17-9)3-16-18(13,14)15/h4-12H,3H2,1-2H3,(H,13,14,15)/t5?,6-,7?,8?,9+/m1/s1. The smallest absolute Gasteiger partial charge is 0.388 e. The molecule has 0 aromatic rings. The molecule has 0 aliphatic carbocycles. The zero-order chi connectivity index (χ0) is 14.1. The quantitative estimate of drug-likeness (QED) is 0.450. The monoisotopic (exact) mass is 286 g/mol. The highest BCUT2D eigenvalue weighted by molar-refractivity contribution is 7.80. The molecule has 3 unspecified atom stereocenters. The Balaban J connectivity index is 2.73. The van der Waals surface area contributed by atoms with E-state index in [-0.39, 0.29) is 5.92 Å². The molecule has 1 aliphatic rings. The molecule has 1 rings (SSSR count). The third kappa shape index (κ3) is 3.85. The van der Waals surface area contributed by atoms with Gasteiger partial charge in [-0.1, -0.05) is 13.8 Å². The van der Waals surface area contributed by atoms with Gasteiger partial charge in [-0.2, -0.15) is 8.42 Å². The van der Waals surface area contributed by atoms with Gasteiger partial charge >= 0.3 is 10.4 Å². The molecule has 0 radical (unpaired) electrons. The van der Waals surface area contributed by atoms with E-state index in [0.717, 1.165) is 0 Å². The second kappa shape index (κ2) is 5.78. The van der Waals surface area contributed by atoms with E-state index in [1.165, 1.54) is 0 Å². The molecule has 0 aromatic heterocycles. The highest BCUT2D eigenvalue weighted by Crippen LogP contribution is 2.26. The number of aliphatic hydroxyl groups excluding tert-OH is 3. The zero-order valence-electron chi connectivity index (χ0n) is 10.0. The summed E-state index contributed by atoms with van der Waals surface area (Å²) in [4.78, 5) is 0. The molecule has 18 heavy (non-hydrogen) atoms. The minimum Gasteiger partial charge on any atom is -0.388 e. The Morgan fingerprint density at radius 2 is 1.72 bits per heavy atom. The van der Waals surface area contributed by atoms with Gasteiger partial charge in [0.1, 0.15) is 24.4 Å². The fraction of sp³-hybridized carbons (Fsp3) is 1.00. The highest BCUT2D eigenvalue weighted by Gasteiger charge is 2.45. The average molecular weight is 286 g/mol. The van der Waals surface area contributed by atoms with Crippen LogP contribution in [0, 0.1) is 5.92 Å². The van der Waals surface area contributed by atoms with Crippen molar-refractivity contribution >= 4 is 10.4 Å². The van der Waals surface area contributed by atoms with E-state index in [4.69, 9.17) is 9.29 Å². The van der Waals surface area contributed by atoms with Gasteiger partial charge in [-0.05, 0) is 5.92 Å². The second-order valence-electron chi connectivity index (χ2n) is 4.57. The first-order valence-corrected chi connectivity index (χ1v) is 6.81. The van der Waals surface area contributed by atoms with Gasteiger partial charge in [-0.3, -0.25) is 4.55 Å². The van der Waals surface area contributed by atoms with Gasteiger partial charge in [-0.15, -0.1) is 0 Å². The van der Waals surface area contributed by atoms with Crippen LogP contribution in [-0.2, 0) is 19.3 Å². The minimum absolute atomic E-state index is 0.157. The molecule has 5 atom stereocenters. The van der Waals surface area contributed by atoms with Crippen LogP contribution in [0.1, 0.15) is 13.8 Å². The Kier molecular flexibility index (Phi) is 5.06. The minimum atomic E-state index is -4.65. The van der Waals surface area contributed by atoms with Crippen LogP contribution in [0.3, 0.4) is 0 Å². The van der Waals surface area contributed by atoms with Gasteiger partial charge in [0.25, 0.3) is 0 Å². The molecule has 0 amide bonds. The maximum atomic E-state index is 10.4. The van der Waals surface area contributed by atoms with E-state index in [0.29, 0.717) is 0 Å². The fourth-order valence-corrected chi connectivity index (χ4v) is 2.13. The second-order valence-corrected chi connectivity index (χ2v) is 5.66. The van der Waals surface area contributed by atoms with Crippen molar-refractivity contribution in [3.8, 4) is 0 Å². The average Bonchev–Trinajstić information content (AvgIpc) is 2.23. The van der Waals surface area contributed by atoms with Crippen LogP contribution in [0.4, 0.5) is 0 Å². The summed E-state index contributed by atoms with van der Waals surface area (Å²) in [7, 11) is -4.65. The first-order valence-electron chi connectivity index (χ1n) is 5.45. The molecular formula is C9H18O8S. The predicted molar refractivity (Wildman–Crippen MR) is 59.0 cm³/mol. The molecule has 0 saturated carbocycles. The summed E-state index contributed by atoms with van der Waals surface area (Å²) in [6.07, 6.45) is -6.17. The Hall–Kier alpha value is -0.290. The molecule has 4 N–H and O–H groups in total. The number of hydrogen-bond donors (Lipinski definition) is 4. The maximum Gasteiger partial charge on any atom is 0.397 e. The summed E-state index contributed by atoms with van der Waals surface area (Å²) in [6.45, 7) is 2.82. The molecule has 0 spiro atoms. The number of ether oxygens (including phenoxy) is 1. The predicted octanol–water partition coefficient (Wildman–Crippen LogP) is -1.69.